The summed E-state index contributed by atoms with van der Waals surface area (Å²) in [6, 6.07) is 0.483. The fourth-order valence-electron chi connectivity index (χ4n) is 3.09. The van der Waals surface area contributed by atoms with Crippen molar-refractivity contribution >= 4 is 16.8 Å². The Morgan fingerprint density at radius 3 is 2.47 bits per heavy atom. The van der Waals surface area contributed by atoms with E-state index in [1.807, 2.05) is 0 Å². The molecule has 0 aromatic carbocycles. The second-order valence-electron chi connectivity index (χ2n) is 6.13. The molecule has 17 heavy (non-hydrogen) atoms. The molecule has 2 unspecified atom stereocenters. The molecule has 2 rings (SSSR count). The SMILES string of the molecule is C[SH](C)CC1CCCC(NC(=O)C2CCC2)C1. The fraction of sp³-hybridized carbons (Fsp3) is 0.929. The summed E-state index contributed by atoms with van der Waals surface area (Å²) in [5.41, 5.74) is 0. The van der Waals surface area contributed by atoms with E-state index in [4.69, 9.17) is 0 Å². The molecule has 3 heteroatoms. The highest BCUT2D eigenvalue weighted by Crippen LogP contribution is 2.32. The van der Waals surface area contributed by atoms with Crippen molar-refractivity contribution in [3.05, 3.63) is 0 Å². The largest absolute Gasteiger partial charge is 0.353 e. The lowest BCUT2D eigenvalue weighted by atomic mass is 9.83. The van der Waals surface area contributed by atoms with Crippen molar-refractivity contribution in [3.63, 3.8) is 0 Å². The molecule has 0 spiro atoms. The van der Waals surface area contributed by atoms with E-state index in [9.17, 15) is 4.79 Å². The van der Waals surface area contributed by atoms with Crippen molar-refractivity contribution in [2.45, 2.75) is 51.0 Å². The van der Waals surface area contributed by atoms with Crippen molar-refractivity contribution in [2.24, 2.45) is 11.8 Å². The number of rotatable bonds is 4. The van der Waals surface area contributed by atoms with Crippen LogP contribution in [0.3, 0.4) is 0 Å². The van der Waals surface area contributed by atoms with Crippen molar-refractivity contribution in [1.29, 1.82) is 0 Å². The lowest BCUT2D eigenvalue weighted by Gasteiger charge is -2.33. The van der Waals surface area contributed by atoms with E-state index in [0.29, 0.717) is 17.9 Å². The standard InChI is InChI=1S/C14H27NOS/c1-17(2)10-11-5-3-8-13(9-11)15-14(16)12-6-4-7-12/h11-13,17H,3-10H2,1-2H3,(H,15,16). The molecule has 0 radical (unpaired) electrons. The maximum absolute atomic E-state index is 11.9. The summed E-state index contributed by atoms with van der Waals surface area (Å²) < 4.78 is 0. The summed E-state index contributed by atoms with van der Waals surface area (Å²) in [5.74, 6) is 2.96. The molecule has 0 aliphatic heterocycles. The van der Waals surface area contributed by atoms with Gasteiger partial charge in [0.15, 0.2) is 0 Å². The van der Waals surface area contributed by atoms with Gasteiger partial charge in [0.1, 0.15) is 0 Å². The zero-order valence-electron chi connectivity index (χ0n) is 11.2. The molecule has 2 fully saturated rings. The number of carbonyl (C=O) groups is 1. The van der Waals surface area contributed by atoms with Gasteiger partial charge >= 0.3 is 0 Å². The highest BCUT2D eigenvalue weighted by Gasteiger charge is 2.29. The minimum atomic E-state index is 0.220. The van der Waals surface area contributed by atoms with Gasteiger partial charge in [0.2, 0.25) is 5.91 Å². The van der Waals surface area contributed by atoms with Gasteiger partial charge in [0, 0.05) is 12.0 Å². The van der Waals surface area contributed by atoms with Gasteiger partial charge in [0.05, 0.1) is 0 Å². The van der Waals surface area contributed by atoms with Gasteiger partial charge in [-0.25, -0.2) is 0 Å². The molecule has 0 aromatic rings. The van der Waals surface area contributed by atoms with E-state index < -0.39 is 0 Å². The number of hydrogen-bond acceptors (Lipinski definition) is 1. The molecule has 0 heterocycles. The second kappa shape index (κ2) is 6.12. The lowest BCUT2D eigenvalue weighted by molar-refractivity contribution is -0.128. The predicted octanol–water partition coefficient (Wildman–Crippen LogP) is 2.72. The van der Waals surface area contributed by atoms with E-state index in [0.717, 1.165) is 18.8 Å². The van der Waals surface area contributed by atoms with Gasteiger partial charge in [-0.3, -0.25) is 15.7 Å². The van der Waals surface area contributed by atoms with Gasteiger partial charge in [-0.15, -0.1) is 0 Å². The molecule has 1 amide bonds. The molecule has 2 atom stereocenters. The maximum Gasteiger partial charge on any atom is 0.223 e. The Labute approximate surface area is 108 Å². The van der Waals surface area contributed by atoms with Crippen molar-refractivity contribution in [3.8, 4) is 0 Å². The Hall–Kier alpha value is -0.180. The molecule has 0 saturated heterocycles. The molecule has 100 valence electrons. The first-order chi connectivity index (χ1) is 8.15. The minimum absolute atomic E-state index is 0.220. The van der Waals surface area contributed by atoms with Crippen LogP contribution in [-0.4, -0.2) is 30.2 Å². The lowest BCUT2D eigenvalue weighted by Crippen LogP contribution is -2.43. The van der Waals surface area contributed by atoms with Crippen LogP contribution < -0.4 is 5.32 Å². The minimum Gasteiger partial charge on any atom is -0.353 e. The van der Waals surface area contributed by atoms with Crippen LogP contribution in [0.15, 0.2) is 0 Å². The Morgan fingerprint density at radius 2 is 1.88 bits per heavy atom. The summed E-state index contributed by atoms with van der Waals surface area (Å²) in [7, 11) is 0.220. The maximum atomic E-state index is 11.9. The number of thiol groups is 1. The van der Waals surface area contributed by atoms with Crippen LogP contribution in [0.25, 0.3) is 0 Å². The van der Waals surface area contributed by atoms with Crippen LogP contribution in [0.2, 0.25) is 0 Å². The van der Waals surface area contributed by atoms with Crippen molar-refractivity contribution in [1.82, 2.24) is 5.32 Å². The van der Waals surface area contributed by atoms with E-state index in [-0.39, 0.29) is 10.9 Å². The van der Waals surface area contributed by atoms with Crippen LogP contribution in [0.1, 0.15) is 44.9 Å². The predicted molar refractivity (Wildman–Crippen MR) is 76.9 cm³/mol. The number of nitrogens with one attached hydrogen (secondary N) is 1. The molecule has 0 aromatic heterocycles. The third-order valence-electron chi connectivity index (χ3n) is 4.23. The van der Waals surface area contributed by atoms with Gasteiger partial charge in [-0.05, 0) is 56.3 Å². The van der Waals surface area contributed by atoms with Crippen molar-refractivity contribution < 1.29 is 4.79 Å². The number of amides is 1. The summed E-state index contributed by atoms with van der Waals surface area (Å²) in [6.45, 7) is 0. The first-order valence-corrected chi connectivity index (χ1v) is 9.52. The Balaban J connectivity index is 1.74. The summed E-state index contributed by atoms with van der Waals surface area (Å²) in [6.07, 6.45) is 13.4. The van der Waals surface area contributed by atoms with Crippen LogP contribution in [0.4, 0.5) is 0 Å². The van der Waals surface area contributed by atoms with E-state index in [1.165, 1.54) is 37.9 Å². The smallest absolute Gasteiger partial charge is 0.223 e. The second-order valence-corrected chi connectivity index (χ2v) is 8.65. The van der Waals surface area contributed by atoms with Crippen LogP contribution in [0, 0.1) is 11.8 Å². The fourth-order valence-corrected chi connectivity index (χ4v) is 4.46. The average Bonchev–Trinajstić information content (AvgIpc) is 2.13. The van der Waals surface area contributed by atoms with Crippen LogP contribution in [0.5, 0.6) is 0 Å². The van der Waals surface area contributed by atoms with Crippen LogP contribution >= 0.6 is 10.9 Å². The molecule has 2 aliphatic carbocycles. The highest BCUT2D eigenvalue weighted by atomic mass is 32.2. The summed E-state index contributed by atoms with van der Waals surface area (Å²) in [4.78, 5) is 11.9. The van der Waals surface area contributed by atoms with Gasteiger partial charge in [-0.1, -0.05) is 12.8 Å². The van der Waals surface area contributed by atoms with E-state index in [1.54, 1.807) is 0 Å². The van der Waals surface area contributed by atoms with Gasteiger partial charge in [-0.2, -0.15) is 0 Å². The van der Waals surface area contributed by atoms with Gasteiger partial charge < -0.3 is 5.32 Å². The zero-order valence-corrected chi connectivity index (χ0v) is 12.1. The zero-order chi connectivity index (χ0) is 12.3. The van der Waals surface area contributed by atoms with Crippen LogP contribution in [-0.2, 0) is 4.79 Å². The molecule has 1 N–H and O–H groups in total. The third kappa shape index (κ3) is 3.90. The third-order valence-corrected chi connectivity index (χ3v) is 5.48. The average molecular weight is 257 g/mol. The Kier molecular flexibility index (Phi) is 4.78. The monoisotopic (exact) mass is 257 g/mol. The van der Waals surface area contributed by atoms with E-state index in [2.05, 4.69) is 17.8 Å². The number of carbonyl (C=O) groups excluding carboxylic acids is 1. The molecule has 2 aliphatic rings. The van der Waals surface area contributed by atoms with Gasteiger partial charge in [0.25, 0.3) is 0 Å². The Morgan fingerprint density at radius 1 is 1.18 bits per heavy atom. The van der Waals surface area contributed by atoms with Crippen molar-refractivity contribution in [2.75, 3.05) is 18.3 Å². The molecule has 2 nitrogen and oxygen atoms in total. The topological polar surface area (TPSA) is 29.1 Å². The van der Waals surface area contributed by atoms with E-state index >= 15 is 0 Å². The quantitative estimate of drug-likeness (QED) is 0.745. The Bertz CT molecular complexity index is 263. The summed E-state index contributed by atoms with van der Waals surface area (Å²) >= 11 is 0. The number of hydrogen-bond donors (Lipinski definition) is 2. The summed E-state index contributed by atoms with van der Waals surface area (Å²) in [5, 5.41) is 3.29. The molecule has 0 bridgehead atoms. The first-order valence-electron chi connectivity index (χ1n) is 7.10. The molecular weight excluding hydrogens is 230 g/mol. The highest BCUT2D eigenvalue weighted by molar-refractivity contribution is 8.15. The molecule has 2 saturated carbocycles. The molecular formula is C14H27NOS. The first kappa shape index (κ1) is 13.3. The normalized spacial score (nSPS) is 30.6.